The van der Waals surface area contributed by atoms with Crippen LogP contribution in [0.3, 0.4) is 0 Å². The van der Waals surface area contributed by atoms with E-state index in [1.54, 1.807) is 18.2 Å². The van der Waals surface area contributed by atoms with Crippen LogP contribution in [0, 0.1) is 13.8 Å². The van der Waals surface area contributed by atoms with Gasteiger partial charge in [-0.3, -0.25) is 4.31 Å². The van der Waals surface area contributed by atoms with E-state index in [1.165, 1.54) is 10.6 Å². The average molecular weight is 358 g/mol. The van der Waals surface area contributed by atoms with Crippen LogP contribution in [0.15, 0.2) is 36.4 Å². The highest BCUT2D eigenvalue weighted by atomic mass is 35.5. The molecule has 0 spiro atoms. The zero-order chi connectivity index (χ0) is 16.5. The second-order valence-electron chi connectivity index (χ2n) is 5.32. The molecule has 0 saturated heterocycles. The number of benzene rings is 2. The van der Waals surface area contributed by atoms with E-state index in [1.807, 2.05) is 32.0 Å². The Morgan fingerprint density at radius 2 is 1.50 bits per heavy atom. The summed E-state index contributed by atoms with van der Waals surface area (Å²) in [4.78, 5) is 0. The molecule has 118 valence electrons. The van der Waals surface area contributed by atoms with Crippen molar-refractivity contribution >= 4 is 38.9 Å². The van der Waals surface area contributed by atoms with Crippen LogP contribution >= 0.6 is 23.2 Å². The van der Waals surface area contributed by atoms with Crippen LogP contribution < -0.4 is 4.31 Å². The molecular weight excluding hydrogens is 341 g/mol. The molecule has 6 heteroatoms. The van der Waals surface area contributed by atoms with Crippen LogP contribution in [0.1, 0.15) is 16.7 Å². The van der Waals surface area contributed by atoms with Crippen molar-refractivity contribution in [2.24, 2.45) is 0 Å². The number of rotatable bonds is 4. The molecule has 0 amide bonds. The second-order valence-corrected chi connectivity index (χ2v) is 8.04. The van der Waals surface area contributed by atoms with Crippen molar-refractivity contribution in [1.82, 2.24) is 0 Å². The zero-order valence-corrected chi connectivity index (χ0v) is 14.9. The van der Waals surface area contributed by atoms with Gasteiger partial charge >= 0.3 is 0 Å². The zero-order valence-electron chi connectivity index (χ0n) is 12.6. The average Bonchev–Trinajstić information content (AvgIpc) is 2.35. The number of aryl methyl sites for hydroxylation is 2. The minimum absolute atomic E-state index is 0.0975. The summed E-state index contributed by atoms with van der Waals surface area (Å²) in [5, 5.41) is 0.899. The van der Waals surface area contributed by atoms with Crippen molar-refractivity contribution in [3.63, 3.8) is 0 Å². The van der Waals surface area contributed by atoms with Gasteiger partial charge in [0, 0.05) is 15.6 Å². The van der Waals surface area contributed by atoms with Crippen molar-refractivity contribution in [3.05, 3.63) is 63.1 Å². The van der Waals surface area contributed by atoms with Crippen LogP contribution in [-0.2, 0) is 16.6 Å². The normalized spacial score (nSPS) is 11.5. The molecule has 0 aliphatic rings. The SMILES string of the molecule is Cc1cc(C)cc(N(Cc2c(Cl)cccc2Cl)S(C)(=O)=O)c1. The fourth-order valence-corrected chi connectivity index (χ4v) is 3.69. The molecule has 3 nitrogen and oxygen atoms in total. The molecular formula is C16H17Cl2NO2S. The number of hydrogen-bond acceptors (Lipinski definition) is 2. The Hall–Kier alpha value is -1.23. The predicted molar refractivity (Wildman–Crippen MR) is 93.4 cm³/mol. The molecule has 0 fully saturated rings. The fraction of sp³-hybridized carbons (Fsp3) is 0.250. The first kappa shape index (κ1) is 17.1. The quantitative estimate of drug-likeness (QED) is 0.803. The Morgan fingerprint density at radius 3 is 1.95 bits per heavy atom. The standard InChI is InChI=1S/C16H17Cl2NO2S/c1-11-7-12(2)9-13(8-11)19(22(3,20)21)10-14-15(17)5-4-6-16(14)18/h4-9H,10H2,1-3H3. The van der Waals surface area contributed by atoms with Crippen LogP contribution in [0.5, 0.6) is 0 Å². The van der Waals surface area contributed by atoms with E-state index in [-0.39, 0.29) is 6.54 Å². The Balaban J connectivity index is 2.53. The van der Waals surface area contributed by atoms with E-state index < -0.39 is 10.0 Å². The van der Waals surface area contributed by atoms with E-state index >= 15 is 0 Å². The smallest absolute Gasteiger partial charge is 0.232 e. The Morgan fingerprint density at radius 1 is 1.00 bits per heavy atom. The monoisotopic (exact) mass is 357 g/mol. The van der Waals surface area contributed by atoms with Gasteiger partial charge in [-0.25, -0.2) is 8.42 Å². The molecule has 2 aromatic rings. The highest BCUT2D eigenvalue weighted by molar-refractivity contribution is 7.92. The lowest BCUT2D eigenvalue weighted by molar-refractivity contribution is 0.596. The summed E-state index contributed by atoms with van der Waals surface area (Å²) in [7, 11) is -3.47. The van der Waals surface area contributed by atoms with Crippen LogP contribution in [0.2, 0.25) is 10.0 Å². The van der Waals surface area contributed by atoms with Gasteiger partial charge in [-0.05, 0) is 49.2 Å². The maximum atomic E-state index is 12.2. The Labute approximate surface area is 141 Å². The summed E-state index contributed by atoms with van der Waals surface area (Å²) in [5.41, 5.74) is 3.19. The maximum Gasteiger partial charge on any atom is 0.232 e. The maximum absolute atomic E-state index is 12.2. The van der Waals surface area contributed by atoms with Gasteiger partial charge in [0.1, 0.15) is 0 Å². The number of anilines is 1. The summed E-state index contributed by atoms with van der Waals surface area (Å²) in [6, 6.07) is 10.8. The first-order chi connectivity index (χ1) is 10.2. The molecule has 0 N–H and O–H groups in total. The first-order valence-corrected chi connectivity index (χ1v) is 9.28. The molecule has 0 saturated carbocycles. The topological polar surface area (TPSA) is 37.4 Å². The van der Waals surface area contributed by atoms with E-state index in [4.69, 9.17) is 23.2 Å². The van der Waals surface area contributed by atoms with Crippen LogP contribution in [0.25, 0.3) is 0 Å². The third-order valence-corrected chi connectivity index (χ3v) is 5.11. The molecule has 0 aromatic heterocycles. The lowest BCUT2D eigenvalue weighted by Crippen LogP contribution is -2.29. The van der Waals surface area contributed by atoms with Gasteiger partial charge in [0.15, 0.2) is 0 Å². The van der Waals surface area contributed by atoms with E-state index in [0.717, 1.165) is 11.1 Å². The van der Waals surface area contributed by atoms with Gasteiger partial charge in [-0.1, -0.05) is 35.3 Å². The van der Waals surface area contributed by atoms with Crippen LogP contribution in [-0.4, -0.2) is 14.7 Å². The highest BCUT2D eigenvalue weighted by Crippen LogP contribution is 2.30. The number of hydrogen-bond donors (Lipinski definition) is 0. The molecule has 2 rings (SSSR count). The third-order valence-electron chi connectivity index (χ3n) is 3.26. The number of sulfonamides is 1. The Kier molecular flexibility index (Phi) is 5.05. The van der Waals surface area contributed by atoms with Crippen molar-refractivity contribution in [1.29, 1.82) is 0 Å². The first-order valence-electron chi connectivity index (χ1n) is 6.67. The minimum atomic E-state index is -3.47. The van der Waals surface area contributed by atoms with Crippen molar-refractivity contribution < 1.29 is 8.42 Å². The van der Waals surface area contributed by atoms with Gasteiger partial charge in [0.2, 0.25) is 10.0 Å². The summed E-state index contributed by atoms with van der Waals surface area (Å²) < 4.78 is 25.8. The van der Waals surface area contributed by atoms with Gasteiger partial charge in [-0.15, -0.1) is 0 Å². The lowest BCUT2D eigenvalue weighted by Gasteiger charge is -2.24. The molecule has 2 aromatic carbocycles. The van der Waals surface area contributed by atoms with Crippen LogP contribution in [0.4, 0.5) is 5.69 Å². The summed E-state index contributed by atoms with van der Waals surface area (Å²) in [5.74, 6) is 0. The second kappa shape index (κ2) is 6.49. The summed E-state index contributed by atoms with van der Waals surface area (Å²) >= 11 is 12.3. The summed E-state index contributed by atoms with van der Waals surface area (Å²) in [6.45, 7) is 3.96. The van der Waals surface area contributed by atoms with Crippen molar-refractivity contribution in [2.75, 3.05) is 10.6 Å². The third kappa shape index (κ3) is 3.94. The van der Waals surface area contributed by atoms with E-state index in [0.29, 0.717) is 21.3 Å². The molecule has 0 atom stereocenters. The predicted octanol–water partition coefficient (Wildman–Crippen LogP) is 4.58. The van der Waals surface area contributed by atoms with Gasteiger partial charge in [0.05, 0.1) is 18.5 Å². The molecule has 0 aliphatic heterocycles. The fourth-order valence-electron chi connectivity index (χ4n) is 2.32. The lowest BCUT2D eigenvalue weighted by atomic mass is 10.1. The van der Waals surface area contributed by atoms with Gasteiger partial charge in [0.25, 0.3) is 0 Å². The molecule has 0 aliphatic carbocycles. The molecule has 0 heterocycles. The highest BCUT2D eigenvalue weighted by Gasteiger charge is 2.21. The van der Waals surface area contributed by atoms with Crippen molar-refractivity contribution in [2.45, 2.75) is 20.4 Å². The molecule has 0 radical (unpaired) electrons. The minimum Gasteiger partial charge on any atom is -0.266 e. The summed E-state index contributed by atoms with van der Waals surface area (Å²) in [6.07, 6.45) is 1.18. The van der Waals surface area contributed by atoms with Gasteiger partial charge in [-0.2, -0.15) is 0 Å². The largest absolute Gasteiger partial charge is 0.266 e. The Bertz CT molecular complexity index is 763. The molecule has 0 bridgehead atoms. The van der Waals surface area contributed by atoms with E-state index in [9.17, 15) is 8.42 Å². The van der Waals surface area contributed by atoms with Crippen molar-refractivity contribution in [3.8, 4) is 0 Å². The number of halogens is 2. The molecule has 0 unspecified atom stereocenters. The number of nitrogens with zero attached hydrogens (tertiary/aromatic N) is 1. The van der Waals surface area contributed by atoms with Gasteiger partial charge < -0.3 is 0 Å². The molecule has 22 heavy (non-hydrogen) atoms. The van der Waals surface area contributed by atoms with E-state index in [2.05, 4.69) is 0 Å².